The van der Waals surface area contributed by atoms with Crippen LogP contribution in [0, 0.1) is 6.92 Å². The number of anilines is 1. The summed E-state index contributed by atoms with van der Waals surface area (Å²) in [7, 11) is 0. The molecule has 1 saturated heterocycles. The minimum Gasteiger partial charge on any atom is -0.483 e. The topological polar surface area (TPSA) is 114 Å². The number of benzene rings is 1. The zero-order valence-electron chi connectivity index (χ0n) is 18.3. The highest BCUT2D eigenvalue weighted by Gasteiger charge is 2.25. The molecule has 0 aliphatic carbocycles. The lowest BCUT2D eigenvalue weighted by atomic mass is 10.1. The van der Waals surface area contributed by atoms with Crippen molar-refractivity contribution in [3.63, 3.8) is 0 Å². The molecule has 2 aromatic rings. The van der Waals surface area contributed by atoms with Gasteiger partial charge >= 0.3 is 0 Å². The fourth-order valence-electron chi connectivity index (χ4n) is 4.04. The van der Waals surface area contributed by atoms with Gasteiger partial charge in [0.05, 0.1) is 6.54 Å². The number of carbonyl (C=O) groups excluding carboxylic acids is 1. The minimum atomic E-state index is -0.250. The molecule has 2 aliphatic heterocycles. The Balaban J connectivity index is 0.000000547. The number of carbonyl (C=O) groups is 3. The van der Waals surface area contributed by atoms with Gasteiger partial charge in [-0.1, -0.05) is 24.3 Å². The van der Waals surface area contributed by atoms with E-state index in [-0.39, 0.29) is 18.9 Å². The summed E-state index contributed by atoms with van der Waals surface area (Å²) in [6, 6.07) is 10.6. The Morgan fingerprint density at radius 2 is 1.62 bits per heavy atom. The molecule has 1 aromatic carbocycles. The van der Waals surface area contributed by atoms with Crippen LogP contribution in [0.1, 0.15) is 23.1 Å². The van der Waals surface area contributed by atoms with Crippen LogP contribution in [-0.2, 0) is 27.5 Å². The number of carboxylic acid groups (broad SMARTS) is 2. The summed E-state index contributed by atoms with van der Waals surface area (Å²) in [5.74, 6) is 0.256. The van der Waals surface area contributed by atoms with Gasteiger partial charge in [-0.2, -0.15) is 0 Å². The maximum Gasteiger partial charge on any atom is 0.290 e. The summed E-state index contributed by atoms with van der Waals surface area (Å²) in [4.78, 5) is 40.4. The number of hydrogen-bond donors (Lipinski definition) is 2. The Morgan fingerprint density at radius 1 is 1.00 bits per heavy atom. The number of rotatable bonds is 3. The Hall–Kier alpha value is -3.46. The van der Waals surface area contributed by atoms with E-state index >= 15 is 0 Å². The van der Waals surface area contributed by atoms with Gasteiger partial charge in [0.15, 0.2) is 0 Å². The van der Waals surface area contributed by atoms with Crippen molar-refractivity contribution in [1.82, 2.24) is 14.8 Å². The first-order valence-corrected chi connectivity index (χ1v) is 10.4. The summed E-state index contributed by atoms with van der Waals surface area (Å²) in [6.45, 7) is 7.41. The van der Waals surface area contributed by atoms with Crippen LogP contribution in [0.5, 0.6) is 0 Å². The van der Waals surface area contributed by atoms with Gasteiger partial charge in [-0.15, -0.1) is 0 Å². The molecule has 9 heteroatoms. The van der Waals surface area contributed by atoms with Gasteiger partial charge in [0.25, 0.3) is 12.9 Å². The third kappa shape index (κ3) is 7.05. The second kappa shape index (κ2) is 13.1. The van der Waals surface area contributed by atoms with E-state index in [0.717, 1.165) is 45.7 Å². The fourth-order valence-corrected chi connectivity index (χ4v) is 4.04. The molecule has 0 radical (unpaired) electrons. The van der Waals surface area contributed by atoms with E-state index < -0.39 is 0 Å². The van der Waals surface area contributed by atoms with Crippen LogP contribution in [0.15, 0.2) is 42.7 Å². The molecule has 2 aliphatic rings. The lowest BCUT2D eigenvalue weighted by Gasteiger charge is -2.26. The van der Waals surface area contributed by atoms with Crippen molar-refractivity contribution in [3.8, 4) is 0 Å². The van der Waals surface area contributed by atoms with Crippen molar-refractivity contribution in [2.24, 2.45) is 0 Å². The van der Waals surface area contributed by atoms with E-state index in [0.29, 0.717) is 6.54 Å². The van der Waals surface area contributed by atoms with Gasteiger partial charge in [-0.3, -0.25) is 24.3 Å². The molecule has 172 valence electrons. The van der Waals surface area contributed by atoms with Crippen molar-refractivity contribution in [1.29, 1.82) is 0 Å². The predicted molar refractivity (Wildman–Crippen MR) is 120 cm³/mol. The number of fused-ring (bicyclic) bond motifs is 1. The fraction of sp³-hybridized carbons (Fsp3) is 0.391. The van der Waals surface area contributed by atoms with E-state index in [1.165, 1.54) is 22.4 Å². The largest absolute Gasteiger partial charge is 0.483 e. The summed E-state index contributed by atoms with van der Waals surface area (Å²) in [5.41, 5.74) is 5.15. The van der Waals surface area contributed by atoms with Gasteiger partial charge in [0, 0.05) is 57.3 Å². The minimum absolute atomic E-state index is 0.250. The molecule has 2 N–H and O–H groups in total. The molecule has 0 unspecified atom stereocenters. The molecule has 3 heterocycles. The van der Waals surface area contributed by atoms with Gasteiger partial charge < -0.3 is 20.0 Å². The van der Waals surface area contributed by atoms with Crippen molar-refractivity contribution in [2.45, 2.75) is 26.4 Å². The molecule has 1 amide bonds. The standard InChI is InChI=1S/C21H26N4O.2CH2O2/c1-17-13-22-8-7-20(17)24-9-4-10-25(12-11-24)21(26)16-23-14-18-5-2-3-6-19(18)15-23;2*2-1-3/h2-3,5-8,13H,4,9-12,14-16H2,1H3;2*1H,(H,2,3). The van der Waals surface area contributed by atoms with Crippen molar-refractivity contribution in [2.75, 3.05) is 37.6 Å². The predicted octanol–water partition coefficient (Wildman–Crippen LogP) is 1.85. The molecular formula is C23H30N4O5. The third-order valence-corrected chi connectivity index (χ3v) is 5.45. The van der Waals surface area contributed by atoms with Gasteiger partial charge in [0.1, 0.15) is 0 Å². The monoisotopic (exact) mass is 442 g/mol. The van der Waals surface area contributed by atoms with Crippen LogP contribution in [0.25, 0.3) is 0 Å². The number of aryl methyl sites for hydroxylation is 1. The first-order chi connectivity index (χ1) is 15.5. The van der Waals surface area contributed by atoms with E-state index in [9.17, 15) is 4.79 Å². The Morgan fingerprint density at radius 3 is 2.22 bits per heavy atom. The van der Waals surface area contributed by atoms with Crippen molar-refractivity contribution >= 4 is 24.5 Å². The first-order valence-electron chi connectivity index (χ1n) is 10.4. The van der Waals surface area contributed by atoms with Crippen LogP contribution in [0.3, 0.4) is 0 Å². The molecule has 4 rings (SSSR count). The molecule has 0 bridgehead atoms. The summed E-state index contributed by atoms with van der Waals surface area (Å²) >= 11 is 0. The lowest BCUT2D eigenvalue weighted by Crippen LogP contribution is -2.40. The molecule has 0 spiro atoms. The number of amides is 1. The Labute approximate surface area is 187 Å². The summed E-state index contributed by atoms with van der Waals surface area (Å²) in [6.07, 6.45) is 4.77. The molecular weight excluding hydrogens is 412 g/mol. The average Bonchev–Trinajstić information content (AvgIpc) is 3.02. The number of nitrogens with zero attached hydrogens (tertiary/aromatic N) is 4. The van der Waals surface area contributed by atoms with Crippen LogP contribution in [0.2, 0.25) is 0 Å². The second-order valence-electron chi connectivity index (χ2n) is 7.51. The smallest absolute Gasteiger partial charge is 0.290 e. The normalized spacial score (nSPS) is 15.3. The summed E-state index contributed by atoms with van der Waals surface area (Å²) in [5, 5.41) is 13.8. The van der Waals surface area contributed by atoms with E-state index in [2.05, 4.69) is 52.0 Å². The number of hydrogen-bond acceptors (Lipinski definition) is 6. The Bertz CT molecular complexity index is 861. The molecule has 9 nitrogen and oxygen atoms in total. The third-order valence-electron chi connectivity index (χ3n) is 5.45. The van der Waals surface area contributed by atoms with E-state index in [4.69, 9.17) is 19.8 Å². The molecule has 1 aromatic heterocycles. The zero-order chi connectivity index (χ0) is 23.3. The maximum absolute atomic E-state index is 12.8. The van der Waals surface area contributed by atoms with E-state index in [1.807, 2.05) is 17.3 Å². The molecule has 0 atom stereocenters. The van der Waals surface area contributed by atoms with Gasteiger partial charge in [-0.25, -0.2) is 0 Å². The van der Waals surface area contributed by atoms with Gasteiger partial charge in [0.2, 0.25) is 5.91 Å². The second-order valence-corrected chi connectivity index (χ2v) is 7.51. The SMILES string of the molecule is Cc1cnccc1N1CCCN(C(=O)CN2Cc3ccccc3C2)CC1.O=CO.O=CO. The summed E-state index contributed by atoms with van der Waals surface area (Å²) < 4.78 is 0. The molecule has 0 saturated carbocycles. The highest BCUT2D eigenvalue weighted by Crippen LogP contribution is 2.23. The highest BCUT2D eigenvalue weighted by molar-refractivity contribution is 5.78. The molecule has 1 fully saturated rings. The van der Waals surface area contributed by atoms with Gasteiger partial charge in [-0.05, 0) is 36.1 Å². The van der Waals surface area contributed by atoms with Crippen LogP contribution >= 0.6 is 0 Å². The quantitative estimate of drug-likeness (QED) is 0.692. The first kappa shape index (κ1) is 24.8. The maximum atomic E-state index is 12.8. The van der Waals surface area contributed by atoms with Crippen LogP contribution < -0.4 is 4.90 Å². The molecule has 32 heavy (non-hydrogen) atoms. The van der Waals surface area contributed by atoms with Crippen LogP contribution in [-0.4, -0.2) is 76.6 Å². The van der Waals surface area contributed by atoms with E-state index in [1.54, 1.807) is 0 Å². The Kier molecular flexibility index (Phi) is 10.1. The lowest BCUT2D eigenvalue weighted by molar-refractivity contribution is -0.132. The van der Waals surface area contributed by atoms with Crippen molar-refractivity contribution in [3.05, 3.63) is 59.4 Å². The zero-order valence-corrected chi connectivity index (χ0v) is 18.3. The number of pyridine rings is 1. The number of aromatic nitrogens is 1. The highest BCUT2D eigenvalue weighted by atomic mass is 16.3. The average molecular weight is 443 g/mol. The van der Waals surface area contributed by atoms with Crippen LogP contribution in [0.4, 0.5) is 5.69 Å². The van der Waals surface area contributed by atoms with Crippen molar-refractivity contribution < 1.29 is 24.6 Å².